The van der Waals surface area contributed by atoms with Crippen molar-refractivity contribution < 1.29 is 39.7 Å². The highest BCUT2D eigenvalue weighted by atomic mass is 16.7. The van der Waals surface area contributed by atoms with Crippen molar-refractivity contribution in [3.8, 4) is 11.5 Å². The van der Waals surface area contributed by atoms with Crippen LogP contribution in [0.25, 0.3) is 0 Å². The minimum Gasteiger partial charge on any atom is -0.504 e. The molecule has 4 aliphatic rings. The first kappa shape index (κ1) is 21.8. The molecule has 1 aromatic carbocycles. The molecule has 9 nitrogen and oxygen atoms in total. The number of nitrogens with zero attached hydrogens (tertiary/aromatic N) is 1. The summed E-state index contributed by atoms with van der Waals surface area (Å²) in [6.45, 7) is 1.11. The van der Waals surface area contributed by atoms with E-state index in [1.807, 2.05) is 0 Å². The van der Waals surface area contributed by atoms with Crippen molar-refractivity contribution in [1.82, 2.24) is 4.90 Å². The van der Waals surface area contributed by atoms with Gasteiger partial charge < -0.3 is 39.7 Å². The molecule has 0 saturated carbocycles. The fourth-order valence-electron chi connectivity index (χ4n) is 5.46. The molecule has 3 aliphatic heterocycles. The van der Waals surface area contributed by atoms with Gasteiger partial charge in [0.05, 0.1) is 18.2 Å². The van der Waals surface area contributed by atoms with E-state index in [2.05, 4.69) is 23.1 Å². The number of rotatable bonds is 4. The first-order valence-corrected chi connectivity index (χ1v) is 10.9. The molecule has 1 aromatic rings. The predicted octanol–water partition coefficient (Wildman–Crippen LogP) is -0.461. The van der Waals surface area contributed by atoms with Gasteiger partial charge in [-0.1, -0.05) is 18.2 Å². The minimum absolute atomic E-state index is 0.0534. The summed E-state index contributed by atoms with van der Waals surface area (Å²) in [6, 6.07) is 3.44. The van der Waals surface area contributed by atoms with Crippen molar-refractivity contribution in [1.29, 1.82) is 0 Å². The van der Waals surface area contributed by atoms with E-state index < -0.39 is 42.9 Å². The summed E-state index contributed by atoms with van der Waals surface area (Å²) in [6.07, 6.45) is 0.737. The number of benzene rings is 1. The summed E-state index contributed by atoms with van der Waals surface area (Å²) in [5, 5.41) is 50.5. The van der Waals surface area contributed by atoms with Crippen molar-refractivity contribution in [2.75, 3.05) is 26.8 Å². The van der Waals surface area contributed by atoms with E-state index in [0.29, 0.717) is 0 Å². The highest BCUT2D eigenvalue weighted by Crippen LogP contribution is 2.52. The van der Waals surface area contributed by atoms with Crippen LogP contribution < -0.4 is 4.74 Å². The second-order valence-corrected chi connectivity index (χ2v) is 8.85. The summed E-state index contributed by atoms with van der Waals surface area (Å²) in [5.41, 5.74) is 2.79. The second kappa shape index (κ2) is 8.11. The predicted molar refractivity (Wildman–Crippen MR) is 112 cm³/mol. The van der Waals surface area contributed by atoms with Gasteiger partial charge in [-0.15, -0.1) is 0 Å². The lowest BCUT2D eigenvalue weighted by molar-refractivity contribution is -0.277. The number of aromatic hydroxyl groups is 1. The molecular weight excluding hydrogens is 418 g/mol. The highest BCUT2D eigenvalue weighted by Gasteiger charge is 2.51. The fraction of sp³-hybridized carbons (Fsp3) is 0.565. The number of phenolic OH excluding ortho intramolecular Hbond substituents is 1. The summed E-state index contributed by atoms with van der Waals surface area (Å²) in [7, 11) is 1.69. The topological polar surface area (TPSA) is 132 Å². The molecule has 5 rings (SSSR count). The van der Waals surface area contributed by atoms with Gasteiger partial charge in [-0.2, -0.15) is 0 Å². The summed E-state index contributed by atoms with van der Waals surface area (Å²) in [5.74, 6) is -0.0113. The number of hydrogen-bond acceptors (Lipinski definition) is 9. The van der Waals surface area contributed by atoms with Crippen LogP contribution in [0, 0.1) is 0 Å². The van der Waals surface area contributed by atoms with Crippen LogP contribution in [0.15, 0.2) is 35.9 Å². The molecule has 0 amide bonds. The Morgan fingerprint density at radius 1 is 1.19 bits per heavy atom. The molecule has 0 bridgehead atoms. The summed E-state index contributed by atoms with van der Waals surface area (Å²) >= 11 is 0. The SMILES string of the molecule is CO[C@H]1C=CC2=CCN3CCc4cc(O)c(O[C@@H]5O[C@H](CO)[C@@H](O)[C@H](O)[C@H]5O)cc4[C@]23C1. The Kier molecular flexibility index (Phi) is 5.53. The van der Waals surface area contributed by atoms with Crippen LogP contribution in [0.2, 0.25) is 0 Å². The van der Waals surface area contributed by atoms with Gasteiger partial charge in [0.1, 0.15) is 24.4 Å². The van der Waals surface area contributed by atoms with Crippen LogP contribution in [-0.2, 0) is 21.4 Å². The average molecular weight is 447 g/mol. The number of hydrogen-bond donors (Lipinski definition) is 5. The maximum Gasteiger partial charge on any atom is 0.229 e. The Labute approximate surface area is 185 Å². The van der Waals surface area contributed by atoms with Gasteiger partial charge in [-0.05, 0) is 35.3 Å². The van der Waals surface area contributed by atoms with Crippen LogP contribution in [-0.4, -0.2) is 94.0 Å². The van der Waals surface area contributed by atoms with E-state index in [0.717, 1.165) is 37.1 Å². The molecule has 0 aromatic heterocycles. The third-order valence-electron chi connectivity index (χ3n) is 7.21. The first-order valence-electron chi connectivity index (χ1n) is 10.9. The second-order valence-electron chi connectivity index (χ2n) is 8.85. The number of fused-ring (bicyclic) bond motifs is 1. The number of aliphatic hydroxyl groups is 4. The van der Waals surface area contributed by atoms with E-state index in [1.165, 1.54) is 5.57 Å². The molecule has 0 radical (unpaired) electrons. The van der Waals surface area contributed by atoms with Crippen LogP contribution in [0.4, 0.5) is 0 Å². The molecule has 1 fully saturated rings. The third-order valence-corrected chi connectivity index (χ3v) is 7.21. The van der Waals surface area contributed by atoms with E-state index in [4.69, 9.17) is 14.2 Å². The van der Waals surface area contributed by atoms with Gasteiger partial charge >= 0.3 is 0 Å². The zero-order valence-corrected chi connectivity index (χ0v) is 17.8. The minimum atomic E-state index is -1.56. The smallest absolute Gasteiger partial charge is 0.229 e. The number of methoxy groups -OCH3 is 1. The monoisotopic (exact) mass is 447 g/mol. The van der Waals surface area contributed by atoms with Crippen molar-refractivity contribution in [2.24, 2.45) is 0 Å². The number of aliphatic hydroxyl groups excluding tert-OH is 4. The van der Waals surface area contributed by atoms with E-state index in [9.17, 15) is 25.5 Å². The van der Waals surface area contributed by atoms with Gasteiger partial charge in [0.2, 0.25) is 6.29 Å². The molecule has 1 saturated heterocycles. The Bertz CT molecular complexity index is 946. The average Bonchev–Trinajstić information content (AvgIpc) is 3.18. The maximum absolute atomic E-state index is 10.7. The van der Waals surface area contributed by atoms with Crippen molar-refractivity contribution in [3.63, 3.8) is 0 Å². The molecule has 3 heterocycles. The molecule has 0 unspecified atom stereocenters. The Hall–Kier alpha value is -1.98. The Balaban J connectivity index is 1.52. The standard InChI is InChI=1S/C23H29NO8/c1-30-14-3-2-13-5-7-24-6-4-12-8-16(26)17(9-15(12)23(13,24)10-14)31-22-21(29)20(28)19(27)18(11-25)32-22/h2-3,5,8-9,14,18-22,25-29H,4,6-7,10-11H2,1H3/t14-,18+,19+,20-,21+,22+,23-/m0/s1. The van der Waals surface area contributed by atoms with E-state index in [-0.39, 0.29) is 17.6 Å². The molecule has 5 N–H and O–H groups in total. The van der Waals surface area contributed by atoms with E-state index in [1.54, 1.807) is 19.2 Å². The summed E-state index contributed by atoms with van der Waals surface area (Å²) in [4.78, 5) is 2.40. The van der Waals surface area contributed by atoms with Crippen LogP contribution >= 0.6 is 0 Å². The lowest BCUT2D eigenvalue weighted by Gasteiger charge is -2.48. The molecular formula is C23H29NO8. The molecule has 7 atom stereocenters. The largest absolute Gasteiger partial charge is 0.504 e. The lowest BCUT2D eigenvalue weighted by Crippen LogP contribution is -2.60. The third kappa shape index (κ3) is 3.19. The zero-order chi connectivity index (χ0) is 22.6. The Morgan fingerprint density at radius 2 is 2.00 bits per heavy atom. The highest BCUT2D eigenvalue weighted by molar-refractivity contribution is 5.57. The lowest BCUT2D eigenvalue weighted by atomic mass is 9.71. The Morgan fingerprint density at radius 3 is 2.75 bits per heavy atom. The molecule has 1 spiro atoms. The van der Waals surface area contributed by atoms with Crippen molar-refractivity contribution >= 4 is 0 Å². The molecule has 9 heteroatoms. The molecule has 1 aliphatic carbocycles. The normalized spacial score (nSPS) is 38.6. The van der Waals surface area contributed by atoms with E-state index >= 15 is 0 Å². The zero-order valence-electron chi connectivity index (χ0n) is 17.8. The first-order chi connectivity index (χ1) is 15.4. The van der Waals surface area contributed by atoms with Gasteiger partial charge in [0.25, 0.3) is 0 Å². The molecule has 32 heavy (non-hydrogen) atoms. The van der Waals surface area contributed by atoms with Crippen molar-refractivity contribution in [3.05, 3.63) is 47.1 Å². The van der Waals surface area contributed by atoms with Crippen LogP contribution in [0.3, 0.4) is 0 Å². The molecule has 174 valence electrons. The van der Waals surface area contributed by atoms with Crippen molar-refractivity contribution in [2.45, 2.75) is 55.2 Å². The van der Waals surface area contributed by atoms with Crippen LogP contribution in [0.5, 0.6) is 11.5 Å². The van der Waals surface area contributed by atoms with Gasteiger partial charge in [-0.25, -0.2) is 0 Å². The van der Waals surface area contributed by atoms with Gasteiger partial charge in [0, 0.05) is 26.6 Å². The fourth-order valence-corrected chi connectivity index (χ4v) is 5.46. The quantitative estimate of drug-likeness (QED) is 0.416. The maximum atomic E-state index is 10.7. The van der Waals surface area contributed by atoms with Gasteiger partial charge in [0.15, 0.2) is 11.5 Å². The van der Waals surface area contributed by atoms with Crippen LogP contribution in [0.1, 0.15) is 17.5 Å². The summed E-state index contributed by atoms with van der Waals surface area (Å²) < 4.78 is 16.9. The number of ether oxygens (including phenoxy) is 3. The number of phenols is 1. The van der Waals surface area contributed by atoms with Gasteiger partial charge in [-0.3, -0.25) is 4.90 Å².